The predicted molar refractivity (Wildman–Crippen MR) is 114 cm³/mol. The van der Waals surface area contributed by atoms with Crippen LogP contribution in [0.4, 0.5) is 4.39 Å². The topological polar surface area (TPSA) is 51.9 Å². The molecule has 1 aromatic heterocycles. The summed E-state index contributed by atoms with van der Waals surface area (Å²) in [5.41, 5.74) is 3.49. The third-order valence-corrected chi connectivity index (χ3v) is 5.93. The number of fused-ring (bicyclic) bond motifs is 1. The maximum absolute atomic E-state index is 13.1. The van der Waals surface area contributed by atoms with E-state index >= 15 is 0 Å². The first kappa shape index (κ1) is 19.5. The van der Waals surface area contributed by atoms with Crippen LogP contribution in [0.15, 0.2) is 47.3 Å². The molecule has 150 valence electrons. The summed E-state index contributed by atoms with van der Waals surface area (Å²) >= 11 is 0. The number of nitrogens with one attached hydrogen (secondary N) is 2. The van der Waals surface area contributed by atoms with Gasteiger partial charge in [-0.05, 0) is 74.9 Å². The highest BCUT2D eigenvalue weighted by atomic mass is 19.1. The van der Waals surface area contributed by atoms with E-state index in [0.717, 1.165) is 42.4 Å². The molecule has 4 nitrogen and oxygen atoms in total. The van der Waals surface area contributed by atoms with Crippen molar-refractivity contribution in [2.45, 2.75) is 45.2 Å². The molecule has 1 aliphatic heterocycles. The monoisotopic (exact) mass is 391 g/mol. The van der Waals surface area contributed by atoms with E-state index in [-0.39, 0.29) is 11.5 Å². The highest BCUT2D eigenvalue weighted by Crippen LogP contribution is 2.30. The van der Waals surface area contributed by atoms with Crippen LogP contribution in [0.25, 0.3) is 11.0 Å². The summed E-state index contributed by atoms with van der Waals surface area (Å²) in [7, 11) is 0. The Kier molecular flexibility index (Phi) is 5.55. The predicted octanol–water partition coefficient (Wildman–Crippen LogP) is 4.08. The first-order chi connectivity index (χ1) is 14.0. The van der Waals surface area contributed by atoms with Crippen molar-refractivity contribution in [1.29, 1.82) is 0 Å². The Morgan fingerprint density at radius 2 is 1.72 bits per heavy atom. The Morgan fingerprint density at radius 1 is 1.03 bits per heavy atom. The lowest BCUT2D eigenvalue weighted by Crippen LogP contribution is -2.47. The quantitative estimate of drug-likeness (QED) is 0.661. The fourth-order valence-corrected chi connectivity index (χ4v) is 4.54. The largest absolute Gasteiger partial charge is 0.323 e. The van der Waals surface area contributed by atoms with Crippen molar-refractivity contribution in [1.82, 2.24) is 14.9 Å². The van der Waals surface area contributed by atoms with Crippen LogP contribution in [-0.2, 0) is 6.42 Å². The zero-order valence-electron chi connectivity index (χ0n) is 16.8. The molecule has 1 saturated heterocycles. The molecule has 2 aromatic carbocycles. The lowest BCUT2D eigenvalue weighted by molar-refractivity contribution is 0.0844. The van der Waals surface area contributed by atoms with Crippen molar-refractivity contribution >= 4 is 11.0 Å². The average Bonchev–Trinajstić information content (AvgIpc) is 3.05. The summed E-state index contributed by atoms with van der Waals surface area (Å²) in [4.78, 5) is 19.4. The van der Waals surface area contributed by atoms with Crippen LogP contribution >= 0.6 is 0 Å². The number of benzene rings is 2. The minimum atomic E-state index is -0.198. The first-order valence-corrected chi connectivity index (χ1v) is 10.2. The number of likely N-dealkylation sites (tertiary alicyclic amines) is 1. The van der Waals surface area contributed by atoms with E-state index in [2.05, 4.69) is 40.6 Å². The Hall–Kier alpha value is -2.84. The lowest BCUT2D eigenvalue weighted by atomic mass is 9.83. The van der Waals surface area contributed by atoms with Gasteiger partial charge in [0.1, 0.15) is 5.82 Å². The maximum atomic E-state index is 13.1. The highest BCUT2D eigenvalue weighted by molar-refractivity contribution is 5.76. The second kappa shape index (κ2) is 8.26. The molecule has 0 bridgehead atoms. The second-order valence-electron chi connectivity index (χ2n) is 8.18. The van der Waals surface area contributed by atoms with Gasteiger partial charge in [-0.15, -0.1) is 0 Å². The summed E-state index contributed by atoms with van der Waals surface area (Å²) in [5, 5.41) is 0. The van der Waals surface area contributed by atoms with E-state index in [9.17, 15) is 9.18 Å². The number of rotatable bonds is 3. The molecule has 2 atom stereocenters. The van der Waals surface area contributed by atoms with Crippen molar-refractivity contribution in [3.63, 3.8) is 0 Å². The number of hydrogen-bond donors (Lipinski definition) is 2. The molecule has 0 saturated carbocycles. The van der Waals surface area contributed by atoms with Crippen molar-refractivity contribution < 1.29 is 4.39 Å². The molecule has 3 aromatic rings. The first-order valence-electron chi connectivity index (χ1n) is 10.2. The summed E-state index contributed by atoms with van der Waals surface area (Å²) in [5.74, 6) is 6.97. The lowest BCUT2D eigenvalue weighted by Gasteiger charge is -2.41. The normalized spacial score (nSPS) is 22.4. The standard InChI is InChI=1S/C24H26FN3O/c1-16-12-20(14-19-5-8-21(25)9-6-19)13-17(2)28(16)11-3-4-18-7-10-22-23(15-18)27-24(29)26-22/h5-10,15-17,20H,11-14H2,1-2H3,(H2,26,27,29). The van der Waals surface area contributed by atoms with Crippen LogP contribution in [0.2, 0.25) is 0 Å². The van der Waals surface area contributed by atoms with Gasteiger partial charge in [-0.3, -0.25) is 4.90 Å². The van der Waals surface area contributed by atoms with Gasteiger partial charge in [-0.1, -0.05) is 24.0 Å². The van der Waals surface area contributed by atoms with E-state index in [4.69, 9.17) is 0 Å². The van der Waals surface area contributed by atoms with Gasteiger partial charge in [-0.2, -0.15) is 0 Å². The number of imidazole rings is 1. The van der Waals surface area contributed by atoms with Crippen molar-refractivity contribution in [3.05, 3.63) is 69.9 Å². The van der Waals surface area contributed by atoms with Gasteiger partial charge in [0.15, 0.2) is 0 Å². The molecule has 2 N–H and O–H groups in total. The van der Waals surface area contributed by atoms with Crippen LogP contribution in [0.1, 0.15) is 37.8 Å². The van der Waals surface area contributed by atoms with Gasteiger partial charge in [0.2, 0.25) is 0 Å². The Morgan fingerprint density at radius 3 is 2.45 bits per heavy atom. The molecule has 5 heteroatoms. The Balaban J connectivity index is 1.37. The fraction of sp³-hybridized carbons (Fsp3) is 0.375. The van der Waals surface area contributed by atoms with Crippen LogP contribution in [0.5, 0.6) is 0 Å². The molecule has 2 heterocycles. The van der Waals surface area contributed by atoms with E-state index < -0.39 is 0 Å². The molecule has 0 radical (unpaired) electrons. The summed E-state index contributed by atoms with van der Waals surface area (Å²) < 4.78 is 13.1. The van der Waals surface area contributed by atoms with Crippen LogP contribution < -0.4 is 5.69 Å². The summed E-state index contributed by atoms with van der Waals surface area (Å²) in [6.45, 7) is 5.27. The highest BCUT2D eigenvalue weighted by Gasteiger charge is 2.30. The van der Waals surface area contributed by atoms with Gasteiger partial charge in [0.25, 0.3) is 0 Å². The van der Waals surface area contributed by atoms with E-state index in [1.807, 2.05) is 30.3 Å². The maximum Gasteiger partial charge on any atom is 0.323 e. The third kappa shape index (κ3) is 4.60. The number of nitrogens with zero attached hydrogens (tertiary/aromatic N) is 1. The van der Waals surface area contributed by atoms with Crippen molar-refractivity contribution in [2.75, 3.05) is 6.54 Å². The minimum Gasteiger partial charge on any atom is -0.306 e. The Bertz CT molecular complexity index is 1090. The molecule has 29 heavy (non-hydrogen) atoms. The molecule has 1 fully saturated rings. The van der Waals surface area contributed by atoms with Gasteiger partial charge >= 0.3 is 5.69 Å². The zero-order chi connectivity index (χ0) is 20.4. The number of hydrogen-bond acceptors (Lipinski definition) is 2. The zero-order valence-corrected chi connectivity index (χ0v) is 16.8. The van der Waals surface area contributed by atoms with Gasteiger partial charge in [-0.25, -0.2) is 9.18 Å². The van der Waals surface area contributed by atoms with Gasteiger partial charge in [0, 0.05) is 17.6 Å². The van der Waals surface area contributed by atoms with Crippen LogP contribution in [-0.4, -0.2) is 33.5 Å². The Labute approximate surface area is 170 Å². The number of aromatic nitrogens is 2. The number of H-pyrrole nitrogens is 2. The molecule has 4 rings (SSSR count). The molecular weight excluding hydrogens is 365 g/mol. The van der Waals surface area contributed by atoms with Crippen LogP contribution in [0.3, 0.4) is 0 Å². The molecule has 1 aliphatic rings. The van der Waals surface area contributed by atoms with Crippen molar-refractivity contribution in [2.24, 2.45) is 5.92 Å². The molecule has 0 spiro atoms. The smallest absolute Gasteiger partial charge is 0.306 e. The number of aromatic amines is 2. The van der Waals surface area contributed by atoms with Crippen molar-refractivity contribution in [3.8, 4) is 11.8 Å². The molecule has 0 aliphatic carbocycles. The molecule has 0 amide bonds. The molecule has 2 unspecified atom stereocenters. The minimum absolute atomic E-state index is 0.175. The second-order valence-corrected chi connectivity index (χ2v) is 8.18. The fourth-order valence-electron chi connectivity index (χ4n) is 4.54. The van der Waals surface area contributed by atoms with Crippen LogP contribution in [0, 0.1) is 23.6 Å². The number of piperidine rings is 1. The summed E-state index contributed by atoms with van der Waals surface area (Å²) in [6, 6.07) is 13.5. The van der Waals surface area contributed by atoms with E-state index in [1.54, 1.807) is 12.1 Å². The van der Waals surface area contributed by atoms with Gasteiger partial charge in [0.05, 0.1) is 17.6 Å². The molecular formula is C24H26FN3O. The average molecular weight is 391 g/mol. The SMILES string of the molecule is CC1CC(Cc2ccc(F)cc2)CC(C)N1CC#Cc1ccc2[nH]c(=O)[nH]c2c1. The number of halogens is 1. The van der Waals surface area contributed by atoms with Gasteiger partial charge < -0.3 is 9.97 Å². The third-order valence-electron chi connectivity index (χ3n) is 5.93. The summed E-state index contributed by atoms with van der Waals surface area (Å²) in [6.07, 6.45) is 3.25. The van der Waals surface area contributed by atoms with E-state index in [1.165, 1.54) is 5.56 Å². The van der Waals surface area contributed by atoms with E-state index in [0.29, 0.717) is 18.0 Å².